The number of amides is 1. The zero-order chi connectivity index (χ0) is 14.4. The lowest BCUT2D eigenvalue weighted by Gasteiger charge is -2.06. The third-order valence-electron chi connectivity index (χ3n) is 2.43. The number of benzene rings is 1. The Balaban J connectivity index is 2.16. The molecule has 0 saturated heterocycles. The fourth-order valence-electron chi connectivity index (χ4n) is 1.52. The van der Waals surface area contributed by atoms with Gasteiger partial charge in [0.1, 0.15) is 18.1 Å². The van der Waals surface area contributed by atoms with Gasteiger partial charge in [-0.05, 0) is 30.3 Å². The highest BCUT2D eigenvalue weighted by atomic mass is 19.1. The smallest absolute Gasteiger partial charge is 0.274 e. The van der Waals surface area contributed by atoms with Crippen molar-refractivity contribution in [2.45, 2.75) is 0 Å². The second kappa shape index (κ2) is 6.45. The Morgan fingerprint density at radius 1 is 1.35 bits per heavy atom. The van der Waals surface area contributed by atoms with Gasteiger partial charge in [0.15, 0.2) is 0 Å². The van der Waals surface area contributed by atoms with Gasteiger partial charge < -0.3 is 10.4 Å². The minimum Gasteiger partial charge on any atom is -0.384 e. The summed E-state index contributed by atoms with van der Waals surface area (Å²) in [5.41, 5.74) is 0.679. The molecule has 1 aromatic carbocycles. The first-order valence-corrected chi connectivity index (χ1v) is 5.82. The van der Waals surface area contributed by atoms with Crippen molar-refractivity contribution in [1.29, 1.82) is 0 Å². The molecule has 0 spiro atoms. The standard InChI is InChI=1S/C15H11FN2O2/c16-12-10-11(4-3-9-19)6-7-13(12)18-15(20)14-5-1-2-8-17-14/h1-2,5-8,10,19H,9H2,(H,18,20). The van der Waals surface area contributed by atoms with Gasteiger partial charge in [-0.2, -0.15) is 0 Å². The monoisotopic (exact) mass is 270 g/mol. The number of hydrogen-bond acceptors (Lipinski definition) is 3. The SMILES string of the molecule is O=C(Nc1ccc(C#CCO)cc1F)c1ccccn1. The van der Waals surface area contributed by atoms with E-state index in [9.17, 15) is 9.18 Å². The second-order valence-electron chi connectivity index (χ2n) is 3.82. The van der Waals surface area contributed by atoms with Gasteiger partial charge in [-0.15, -0.1) is 0 Å². The molecule has 0 aliphatic carbocycles. The van der Waals surface area contributed by atoms with Gasteiger partial charge in [-0.1, -0.05) is 17.9 Å². The molecule has 0 radical (unpaired) electrons. The molecule has 0 fully saturated rings. The van der Waals surface area contributed by atoms with Crippen LogP contribution in [-0.4, -0.2) is 22.6 Å². The van der Waals surface area contributed by atoms with E-state index in [1.54, 1.807) is 18.2 Å². The Labute approximate surface area is 115 Å². The number of anilines is 1. The number of aliphatic hydroxyl groups excluding tert-OH is 1. The van der Waals surface area contributed by atoms with E-state index in [4.69, 9.17) is 5.11 Å². The summed E-state index contributed by atoms with van der Waals surface area (Å²) in [6.07, 6.45) is 1.48. The van der Waals surface area contributed by atoms with Crippen LogP contribution in [0.5, 0.6) is 0 Å². The molecule has 0 saturated carbocycles. The summed E-state index contributed by atoms with van der Waals surface area (Å²) >= 11 is 0. The van der Waals surface area contributed by atoms with Gasteiger partial charge in [0, 0.05) is 11.8 Å². The predicted octanol–water partition coefficient (Wildman–Crippen LogP) is 1.82. The first kappa shape index (κ1) is 13.7. The van der Waals surface area contributed by atoms with Crippen LogP contribution in [0, 0.1) is 17.7 Å². The maximum absolute atomic E-state index is 13.8. The second-order valence-corrected chi connectivity index (χ2v) is 3.82. The number of aliphatic hydroxyl groups is 1. The molecular formula is C15H11FN2O2. The Bertz CT molecular complexity index is 675. The minimum absolute atomic E-state index is 0.0511. The van der Waals surface area contributed by atoms with Crippen molar-refractivity contribution in [2.75, 3.05) is 11.9 Å². The molecular weight excluding hydrogens is 259 g/mol. The van der Waals surface area contributed by atoms with Crippen molar-refractivity contribution in [3.63, 3.8) is 0 Å². The number of aromatic nitrogens is 1. The molecule has 4 nitrogen and oxygen atoms in total. The van der Waals surface area contributed by atoms with Crippen molar-refractivity contribution in [3.05, 3.63) is 59.7 Å². The van der Waals surface area contributed by atoms with E-state index >= 15 is 0 Å². The molecule has 2 aromatic rings. The van der Waals surface area contributed by atoms with Crippen molar-refractivity contribution in [2.24, 2.45) is 0 Å². The quantitative estimate of drug-likeness (QED) is 0.818. The van der Waals surface area contributed by atoms with E-state index in [-0.39, 0.29) is 18.0 Å². The molecule has 0 aliphatic heterocycles. The summed E-state index contributed by atoms with van der Waals surface area (Å²) < 4.78 is 13.8. The molecule has 0 bridgehead atoms. The molecule has 1 aromatic heterocycles. The van der Waals surface area contributed by atoms with E-state index < -0.39 is 11.7 Å². The topological polar surface area (TPSA) is 62.2 Å². The van der Waals surface area contributed by atoms with Crippen molar-refractivity contribution in [1.82, 2.24) is 4.98 Å². The van der Waals surface area contributed by atoms with Crippen LogP contribution < -0.4 is 5.32 Å². The maximum Gasteiger partial charge on any atom is 0.274 e. The Kier molecular flexibility index (Phi) is 4.43. The van der Waals surface area contributed by atoms with E-state index in [0.29, 0.717) is 5.56 Å². The van der Waals surface area contributed by atoms with Crippen LogP contribution >= 0.6 is 0 Å². The lowest BCUT2D eigenvalue weighted by atomic mass is 10.2. The van der Waals surface area contributed by atoms with Gasteiger partial charge in [-0.25, -0.2) is 4.39 Å². The third-order valence-corrected chi connectivity index (χ3v) is 2.43. The van der Waals surface area contributed by atoms with E-state index in [0.717, 1.165) is 0 Å². The zero-order valence-corrected chi connectivity index (χ0v) is 10.4. The average molecular weight is 270 g/mol. The first-order chi connectivity index (χ1) is 9.70. The Hall–Kier alpha value is -2.71. The van der Waals surface area contributed by atoms with E-state index in [1.807, 2.05) is 0 Å². The molecule has 2 N–H and O–H groups in total. The minimum atomic E-state index is -0.598. The fourth-order valence-corrected chi connectivity index (χ4v) is 1.52. The summed E-state index contributed by atoms with van der Waals surface area (Å²) in [4.78, 5) is 15.7. The van der Waals surface area contributed by atoms with Crippen LogP contribution in [0.4, 0.5) is 10.1 Å². The van der Waals surface area contributed by atoms with Gasteiger partial charge >= 0.3 is 0 Å². The van der Waals surface area contributed by atoms with Gasteiger partial charge in [-0.3, -0.25) is 9.78 Å². The van der Waals surface area contributed by atoms with Crippen LogP contribution in [0.2, 0.25) is 0 Å². The van der Waals surface area contributed by atoms with Gasteiger partial charge in [0.05, 0.1) is 5.69 Å². The molecule has 20 heavy (non-hydrogen) atoms. The van der Waals surface area contributed by atoms with Crippen molar-refractivity contribution >= 4 is 11.6 Å². The number of nitrogens with zero attached hydrogens (tertiary/aromatic N) is 1. The maximum atomic E-state index is 13.8. The fraction of sp³-hybridized carbons (Fsp3) is 0.0667. The lowest BCUT2D eigenvalue weighted by Crippen LogP contribution is -2.14. The van der Waals surface area contributed by atoms with Gasteiger partial charge in [0.25, 0.3) is 5.91 Å². The van der Waals surface area contributed by atoms with Crippen LogP contribution in [0.15, 0.2) is 42.6 Å². The summed E-state index contributed by atoms with van der Waals surface area (Å²) in [5, 5.41) is 11.0. The zero-order valence-electron chi connectivity index (χ0n) is 10.4. The Morgan fingerprint density at radius 3 is 2.85 bits per heavy atom. The van der Waals surface area contributed by atoms with Gasteiger partial charge in [0.2, 0.25) is 0 Å². The number of carbonyl (C=O) groups is 1. The van der Waals surface area contributed by atoms with Crippen LogP contribution in [-0.2, 0) is 0 Å². The Morgan fingerprint density at radius 2 is 2.20 bits per heavy atom. The van der Waals surface area contributed by atoms with Crippen LogP contribution in [0.1, 0.15) is 16.1 Å². The van der Waals surface area contributed by atoms with E-state index in [1.165, 1.54) is 24.4 Å². The normalized spacial score (nSPS) is 9.50. The number of rotatable bonds is 2. The molecule has 0 unspecified atom stereocenters. The molecule has 0 atom stereocenters. The first-order valence-electron chi connectivity index (χ1n) is 5.82. The summed E-state index contributed by atoms with van der Waals surface area (Å²) in [5.74, 6) is 3.92. The number of carbonyl (C=O) groups excluding carboxylic acids is 1. The van der Waals surface area contributed by atoms with Crippen LogP contribution in [0.3, 0.4) is 0 Å². The highest BCUT2D eigenvalue weighted by Gasteiger charge is 2.10. The largest absolute Gasteiger partial charge is 0.384 e. The molecule has 100 valence electrons. The summed E-state index contributed by atoms with van der Waals surface area (Å²) in [6, 6.07) is 9.06. The number of nitrogens with one attached hydrogen (secondary N) is 1. The number of hydrogen-bond donors (Lipinski definition) is 2. The average Bonchev–Trinajstić information content (AvgIpc) is 2.48. The summed E-state index contributed by atoms with van der Waals surface area (Å²) in [6.45, 7) is -0.292. The van der Waals surface area contributed by atoms with Crippen molar-refractivity contribution < 1.29 is 14.3 Å². The van der Waals surface area contributed by atoms with Crippen molar-refractivity contribution in [3.8, 4) is 11.8 Å². The number of pyridine rings is 1. The lowest BCUT2D eigenvalue weighted by molar-refractivity contribution is 0.102. The third kappa shape index (κ3) is 3.40. The molecule has 1 heterocycles. The highest BCUT2D eigenvalue weighted by molar-refractivity contribution is 6.02. The summed E-state index contributed by atoms with van der Waals surface area (Å²) in [7, 11) is 0. The molecule has 2 rings (SSSR count). The number of halogens is 1. The molecule has 0 aliphatic rings. The predicted molar refractivity (Wildman–Crippen MR) is 72.6 cm³/mol. The van der Waals surface area contributed by atoms with Crippen LogP contribution in [0.25, 0.3) is 0 Å². The highest BCUT2D eigenvalue weighted by Crippen LogP contribution is 2.16. The molecule has 5 heteroatoms. The van der Waals surface area contributed by atoms with E-state index in [2.05, 4.69) is 22.1 Å². The molecule has 1 amide bonds.